The van der Waals surface area contributed by atoms with Gasteiger partial charge >= 0.3 is 5.91 Å². The molecule has 1 unspecified atom stereocenters. The first-order valence-electron chi connectivity index (χ1n) is 7.81. The van der Waals surface area contributed by atoms with E-state index in [4.69, 9.17) is 4.74 Å². The summed E-state index contributed by atoms with van der Waals surface area (Å²) in [6.45, 7) is 0.697. The summed E-state index contributed by atoms with van der Waals surface area (Å²) in [7, 11) is 1.65. The fourth-order valence-corrected chi connectivity index (χ4v) is 3.13. The highest BCUT2D eigenvalue weighted by Crippen LogP contribution is 2.24. The molecule has 0 saturated carbocycles. The van der Waals surface area contributed by atoms with E-state index in [2.05, 4.69) is 0 Å². The number of carbonyl (C=O) groups is 1. The van der Waals surface area contributed by atoms with Crippen LogP contribution in [0.1, 0.15) is 28.9 Å². The monoisotopic (exact) mass is 312 g/mol. The van der Waals surface area contributed by atoms with Crippen molar-refractivity contribution in [3.63, 3.8) is 0 Å². The standard InChI is InChI=1S/C18H20N2O3/c1-23-16-8-4-6-14(13-16)12-15-7-5-10-19(15)18(21)17-9-2-3-11-20(17)22/h2-4,6,8-9,11,13,15H,5,7,10,12H2,1H3. The summed E-state index contributed by atoms with van der Waals surface area (Å²) >= 11 is 0. The summed E-state index contributed by atoms with van der Waals surface area (Å²) in [6, 6.07) is 12.9. The number of methoxy groups -OCH3 is 1. The molecular formula is C18H20N2O3. The first kappa shape index (κ1) is 15.3. The molecule has 3 rings (SSSR count). The van der Waals surface area contributed by atoms with E-state index in [-0.39, 0.29) is 17.6 Å². The molecule has 0 N–H and O–H groups in total. The van der Waals surface area contributed by atoms with Crippen LogP contribution in [0.25, 0.3) is 0 Å². The summed E-state index contributed by atoms with van der Waals surface area (Å²) < 4.78 is 5.90. The summed E-state index contributed by atoms with van der Waals surface area (Å²) in [4.78, 5) is 14.5. The van der Waals surface area contributed by atoms with Gasteiger partial charge < -0.3 is 14.8 Å². The molecule has 1 aromatic heterocycles. The Labute approximate surface area is 135 Å². The van der Waals surface area contributed by atoms with Gasteiger partial charge in [-0.15, -0.1) is 0 Å². The second-order valence-corrected chi connectivity index (χ2v) is 5.76. The van der Waals surface area contributed by atoms with Gasteiger partial charge in [-0.1, -0.05) is 12.1 Å². The SMILES string of the molecule is COc1cccc(CC2CCCN2C(=O)c2cccc[n+]2[O-])c1. The highest BCUT2D eigenvalue weighted by molar-refractivity contribution is 5.91. The number of pyridine rings is 1. The van der Waals surface area contributed by atoms with Crippen LogP contribution < -0.4 is 9.47 Å². The lowest BCUT2D eigenvalue weighted by Gasteiger charge is -2.24. The first-order chi connectivity index (χ1) is 11.2. The van der Waals surface area contributed by atoms with Gasteiger partial charge in [-0.2, -0.15) is 4.73 Å². The maximum absolute atomic E-state index is 12.7. The normalized spacial score (nSPS) is 17.3. The van der Waals surface area contributed by atoms with E-state index in [9.17, 15) is 10.0 Å². The predicted octanol–water partition coefficient (Wildman–Crippen LogP) is 2.18. The lowest BCUT2D eigenvalue weighted by atomic mass is 10.0. The molecule has 0 aliphatic carbocycles. The Bertz CT molecular complexity index is 702. The third-order valence-corrected chi connectivity index (χ3v) is 4.29. The van der Waals surface area contributed by atoms with Crippen molar-refractivity contribution in [2.75, 3.05) is 13.7 Å². The average molecular weight is 312 g/mol. The number of carbonyl (C=O) groups excluding carboxylic acids is 1. The zero-order valence-electron chi connectivity index (χ0n) is 13.1. The number of amides is 1. The number of nitrogens with zero attached hydrogens (tertiary/aromatic N) is 2. The van der Waals surface area contributed by atoms with Crippen molar-refractivity contribution < 1.29 is 14.3 Å². The predicted molar refractivity (Wildman–Crippen MR) is 86.2 cm³/mol. The molecule has 0 spiro atoms. The van der Waals surface area contributed by atoms with Crippen molar-refractivity contribution in [1.82, 2.24) is 4.90 Å². The highest BCUT2D eigenvalue weighted by atomic mass is 16.5. The van der Waals surface area contributed by atoms with Crippen LogP contribution in [0, 0.1) is 5.21 Å². The second kappa shape index (κ2) is 6.69. The van der Waals surface area contributed by atoms with Crippen molar-refractivity contribution in [3.8, 4) is 5.75 Å². The van der Waals surface area contributed by atoms with Gasteiger partial charge in [0.05, 0.1) is 7.11 Å². The molecule has 2 aromatic rings. The van der Waals surface area contributed by atoms with E-state index in [1.165, 1.54) is 6.20 Å². The molecule has 1 aliphatic rings. The molecule has 0 radical (unpaired) electrons. The topological polar surface area (TPSA) is 56.5 Å². The average Bonchev–Trinajstić information content (AvgIpc) is 3.03. The minimum Gasteiger partial charge on any atom is -0.618 e. The molecule has 1 aliphatic heterocycles. The van der Waals surface area contributed by atoms with Crippen molar-refractivity contribution in [3.05, 3.63) is 65.1 Å². The van der Waals surface area contributed by atoms with Gasteiger partial charge in [0, 0.05) is 24.7 Å². The number of ether oxygens (including phenoxy) is 1. The van der Waals surface area contributed by atoms with Crippen LogP contribution in [0.4, 0.5) is 0 Å². The maximum atomic E-state index is 12.7. The molecule has 1 atom stereocenters. The van der Waals surface area contributed by atoms with E-state index in [1.54, 1.807) is 25.3 Å². The molecule has 23 heavy (non-hydrogen) atoms. The molecule has 0 bridgehead atoms. The quantitative estimate of drug-likeness (QED) is 0.642. The Morgan fingerprint density at radius 2 is 2.22 bits per heavy atom. The van der Waals surface area contributed by atoms with E-state index in [1.807, 2.05) is 29.2 Å². The summed E-state index contributed by atoms with van der Waals surface area (Å²) in [5.74, 6) is 0.629. The van der Waals surface area contributed by atoms with Gasteiger partial charge in [0.25, 0.3) is 5.69 Å². The number of rotatable bonds is 4. The van der Waals surface area contributed by atoms with Crippen LogP contribution in [0.2, 0.25) is 0 Å². The van der Waals surface area contributed by atoms with Crippen molar-refractivity contribution in [1.29, 1.82) is 0 Å². The number of benzene rings is 1. The maximum Gasteiger partial charge on any atom is 0.320 e. The van der Waals surface area contributed by atoms with Gasteiger partial charge in [-0.25, -0.2) is 0 Å². The molecular weight excluding hydrogens is 292 g/mol. The van der Waals surface area contributed by atoms with Crippen LogP contribution in [0.15, 0.2) is 48.7 Å². The Balaban J connectivity index is 1.77. The van der Waals surface area contributed by atoms with E-state index in [0.29, 0.717) is 11.3 Å². The van der Waals surface area contributed by atoms with Crippen LogP contribution in [-0.2, 0) is 6.42 Å². The molecule has 5 nitrogen and oxygen atoms in total. The molecule has 2 heterocycles. The zero-order chi connectivity index (χ0) is 16.2. The highest BCUT2D eigenvalue weighted by Gasteiger charge is 2.32. The Morgan fingerprint density at radius 3 is 3.00 bits per heavy atom. The minimum atomic E-state index is -0.189. The largest absolute Gasteiger partial charge is 0.618 e. The number of aromatic nitrogens is 1. The minimum absolute atomic E-state index is 0.120. The van der Waals surface area contributed by atoms with Crippen molar-refractivity contribution >= 4 is 5.91 Å². The first-order valence-corrected chi connectivity index (χ1v) is 7.81. The van der Waals surface area contributed by atoms with Gasteiger partial charge in [0.1, 0.15) is 5.75 Å². The number of hydrogen-bond acceptors (Lipinski definition) is 3. The number of hydrogen-bond donors (Lipinski definition) is 0. The molecule has 1 amide bonds. The summed E-state index contributed by atoms with van der Waals surface area (Å²) in [5.41, 5.74) is 1.32. The molecule has 5 heteroatoms. The lowest BCUT2D eigenvalue weighted by molar-refractivity contribution is -0.608. The zero-order valence-corrected chi connectivity index (χ0v) is 13.1. The molecule has 1 saturated heterocycles. The van der Waals surface area contributed by atoms with Gasteiger partial charge in [0.15, 0.2) is 6.20 Å². The van der Waals surface area contributed by atoms with Crippen molar-refractivity contribution in [2.24, 2.45) is 0 Å². The molecule has 120 valence electrons. The van der Waals surface area contributed by atoms with Crippen molar-refractivity contribution in [2.45, 2.75) is 25.3 Å². The summed E-state index contributed by atoms with van der Waals surface area (Å²) in [6.07, 6.45) is 4.05. The Morgan fingerprint density at radius 1 is 1.35 bits per heavy atom. The fourth-order valence-electron chi connectivity index (χ4n) is 3.13. The van der Waals surface area contributed by atoms with Gasteiger partial charge in [-0.05, 0) is 43.0 Å². The van der Waals surface area contributed by atoms with Gasteiger partial charge in [-0.3, -0.25) is 4.79 Å². The molecule has 1 aromatic carbocycles. The van der Waals surface area contributed by atoms with E-state index >= 15 is 0 Å². The smallest absolute Gasteiger partial charge is 0.320 e. The summed E-state index contributed by atoms with van der Waals surface area (Å²) in [5, 5.41) is 11.8. The van der Waals surface area contributed by atoms with Crippen LogP contribution in [0.5, 0.6) is 5.75 Å². The number of likely N-dealkylation sites (tertiary alicyclic amines) is 1. The molecule has 1 fully saturated rings. The van der Waals surface area contributed by atoms with Crippen LogP contribution >= 0.6 is 0 Å². The van der Waals surface area contributed by atoms with E-state index < -0.39 is 0 Å². The Hall–Kier alpha value is -2.56. The third-order valence-electron chi connectivity index (χ3n) is 4.29. The second-order valence-electron chi connectivity index (χ2n) is 5.76. The Kier molecular flexibility index (Phi) is 4.46. The van der Waals surface area contributed by atoms with Crippen LogP contribution in [0.3, 0.4) is 0 Å². The van der Waals surface area contributed by atoms with Gasteiger partial charge in [0.2, 0.25) is 0 Å². The van der Waals surface area contributed by atoms with E-state index in [0.717, 1.165) is 30.6 Å². The fraction of sp³-hybridized carbons (Fsp3) is 0.333. The lowest BCUT2D eigenvalue weighted by Crippen LogP contribution is -2.44. The van der Waals surface area contributed by atoms with Crippen LogP contribution in [-0.4, -0.2) is 30.5 Å². The third kappa shape index (κ3) is 3.28.